The molecule has 0 heterocycles. The van der Waals surface area contributed by atoms with Crippen molar-refractivity contribution < 1.29 is 33.3 Å². The highest BCUT2D eigenvalue weighted by atomic mass is 32.2. The molecule has 0 amide bonds. The van der Waals surface area contributed by atoms with Crippen LogP contribution in [-0.4, -0.2) is 55.0 Å². The van der Waals surface area contributed by atoms with E-state index in [1.54, 1.807) is 12.1 Å². The number of aromatic carboxylic acids is 1. The van der Waals surface area contributed by atoms with Gasteiger partial charge in [0.05, 0.1) is 5.56 Å². The molecule has 1 saturated carbocycles. The molecule has 1 aliphatic rings. The monoisotopic (exact) mass is 540 g/mol. The van der Waals surface area contributed by atoms with Gasteiger partial charge in [-0.2, -0.15) is 8.42 Å². The summed E-state index contributed by atoms with van der Waals surface area (Å²) in [5.41, 5.74) is 1.32. The van der Waals surface area contributed by atoms with Crippen LogP contribution in [0.1, 0.15) is 47.5 Å². The number of carboxylic acid groups (broad SMARTS) is 1. The minimum atomic E-state index is -2.70. The minimum Gasteiger partial charge on any atom is -0.506 e. The van der Waals surface area contributed by atoms with Gasteiger partial charge in [-0.25, -0.2) is 4.79 Å². The standard InChI is InChI=1S/C22H26N2O7S.C6H6/c25-18(13-31-19-9-10-21(26)20(11-19)24-32(29)30)12-23-17-7-5-15(6-8-17)14-1-3-16(4-2-14)22(27)28;1-2-4-6-5-3-1/h1-4,9-11,15,17-18,23,25-26H,5-8,12-13H2,(H,27,28);1-6H/t15?,17?,18-;/m0./s1. The predicted molar refractivity (Wildman–Crippen MR) is 143 cm³/mol. The predicted octanol–water partition coefficient (Wildman–Crippen LogP) is 4.53. The number of rotatable bonds is 9. The molecule has 0 aliphatic heterocycles. The third-order valence-corrected chi connectivity index (χ3v) is 6.57. The number of phenols is 1. The first-order chi connectivity index (χ1) is 18.3. The van der Waals surface area contributed by atoms with E-state index < -0.39 is 22.6 Å². The van der Waals surface area contributed by atoms with E-state index in [0.29, 0.717) is 23.8 Å². The van der Waals surface area contributed by atoms with Crippen LogP contribution in [-0.2, 0) is 10.5 Å². The van der Waals surface area contributed by atoms with Crippen LogP contribution in [0.15, 0.2) is 83.2 Å². The molecule has 3 aromatic carbocycles. The maximum atomic E-state index is 11.0. The van der Waals surface area contributed by atoms with Crippen LogP contribution in [0, 0.1) is 0 Å². The number of hydrogen-bond donors (Lipinski definition) is 4. The molecule has 0 radical (unpaired) electrons. The summed E-state index contributed by atoms with van der Waals surface area (Å²) < 4.78 is 30.1. The molecule has 4 N–H and O–H groups in total. The van der Waals surface area contributed by atoms with Crippen molar-refractivity contribution in [1.29, 1.82) is 0 Å². The number of hydrogen-bond acceptors (Lipinski definition) is 8. The Balaban J connectivity index is 0.000000585. The fourth-order valence-corrected chi connectivity index (χ4v) is 4.52. The zero-order valence-electron chi connectivity index (χ0n) is 20.8. The summed E-state index contributed by atoms with van der Waals surface area (Å²) in [5, 5.41) is 32.2. The van der Waals surface area contributed by atoms with Gasteiger partial charge in [0.15, 0.2) is 0 Å². The number of carbonyl (C=O) groups is 1. The van der Waals surface area contributed by atoms with Gasteiger partial charge in [-0.15, -0.1) is 4.36 Å². The first-order valence-corrected chi connectivity index (χ1v) is 13.4. The maximum Gasteiger partial charge on any atom is 0.335 e. The SMILES string of the molecule is O=C(O)c1ccc(C2CCC(NC[C@H](O)COc3ccc(O)c(N=S(=O)=O)c3)CC2)cc1.c1ccccc1. The molecule has 0 saturated heterocycles. The van der Waals surface area contributed by atoms with E-state index in [9.17, 15) is 23.4 Å². The van der Waals surface area contributed by atoms with Crippen LogP contribution in [0.2, 0.25) is 0 Å². The van der Waals surface area contributed by atoms with E-state index in [2.05, 4.69) is 9.68 Å². The van der Waals surface area contributed by atoms with Gasteiger partial charge in [-0.05, 0) is 61.4 Å². The molecule has 0 unspecified atom stereocenters. The number of nitrogens with one attached hydrogen (secondary N) is 1. The highest BCUT2D eigenvalue weighted by Crippen LogP contribution is 2.33. The molecule has 10 heteroatoms. The second-order valence-corrected chi connectivity index (χ2v) is 9.58. The normalized spacial score (nSPS) is 17.4. The van der Waals surface area contributed by atoms with E-state index in [1.807, 2.05) is 48.5 Å². The second kappa shape index (κ2) is 14.9. The third-order valence-electron chi connectivity index (χ3n) is 6.23. The number of nitrogens with zero attached hydrogens (tertiary/aromatic N) is 1. The fourth-order valence-electron chi connectivity index (χ4n) is 4.21. The number of carboxylic acids is 1. The van der Waals surface area contributed by atoms with Crippen LogP contribution in [0.4, 0.5) is 5.69 Å². The van der Waals surface area contributed by atoms with E-state index in [0.717, 1.165) is 31.2 Å². The average molecular weight is 541 g/mol. The quantitative estimate of drug-likeness (QED) is 0.310. The lowest BCUT2D eigenvalue weighted by molar-refractivity contribution is 0.0696. The Morgan fingerprint density at radius 3 is 2.13 bits per heavy atom. The van der Waals surface area contributed by atoms with Crippen molar-refractivity contribution in [2.45, 2.75) is 43.7 Å². The van der Waals surface area contributed by atoms with Crippen LogP contribution < -0.4 is 10.1 Å². The average Bonchev–Trinajstić information content (AvgIpc) is 2.93. The zero-order valence-corrected chi connectivity index (χ0v) is 21.6. The number of aromatic hydroxyl groups is 1. The molecule has 0 aromatic heterocycles. The molecule has 38 heavy (non-hydrogen) atoms. The molecule has 1 fully saturated rings. The largest absolute Gasteiger partial charge is 0.506 e. The Kier molecular flexibility index (Phi) is 11.3. The first-order valence-electron chi connectivity index (χ1n) is 12.3. The molecule has 0 spiro atoms. The van der Waals surface area contributed by atoms with Crippen molar-refractivity contribution in [2.75, 3.05) is 13.2 Å². The van der Waals surface area contributed by atoms with Crippen molar-refractivity contribution in [3.8, 4) is 11.5 Å². The van der Waals surface area contributed by atoms with Crippen LogP contribution in [0.3, 0.4) is 0 Å². The van der Waals surface area contributed by atoms with Crippen LogP contribution in [0.5, 0.6) is 11.5 Å². The molecular weight excluding hydrogens is 508 g/mol. The summed E-state index contributed by atoms with van der Waals surface area (Å²) in [6.07, 6.45) is 3.11. The minimum absolute atomic E-state index is 0.00293. The van der Waals surface area contributed by atoms with E-state index in [1.165, 1.54) is 18.2 Å². The smallest absolute Gasteiger partial charge is 0.335 e. The summed E-state index contributed by atoms with van der Waals surface area (Å²) >= 11 is 0. The highest BCUT2D eigenvalue weighted by Gasteiger charge is 2.23. The van der Waals surface area contributed by atoms with Crippen molar-refractivity contribution in [1.82, 2.24) is 5.32 Å². The Hall–Kier alpha value is -3.73. The van der Waals surface area contributed by atoms with E-state index >= 15 is 0 Å². The van der Waals surface area contributed by atoms with Crippen molar-refractivity contribution in [2.24, 2.45) is 4.36 Å². The molecule has 4 rings (SSSR count). The number of aliphatic hydroxyl groups excluding tert-OH is 1. The topological polar surface area (TPSA) is 146 Å². The van der Waals surface area contributed by atoms with E-state index in [4.69, 9.17) is 9.84 Å². The van der Waals surface area contributed by atoms with Gasteiger partial charge < -0.3 is 25.4 Å². The highest BCUT2D eigenvalue weighted by molar-refractivity contribution is 7.61. The van der Waals surface area contributed by atoms with Gasteiger partial charge in [0.25, 0.3) is 0 Å². The molecule has 0 bridgehead atoms. The Labute approximate surface area is 223 Å². The van der Waals surface area contributed by atoms with Gasteiger partial charge >= 0.3 is 16.5 Å². The summed E-state index contributed by atoms with van der Waals surface area (Å²) in [4.78, 5) is 11.0. The summed E-state index contributed by atoms with van der Waals surface area (Å²) in [7, 11) is -2.70. The number of ether oxygens (including phenoxy) is 1. The van der Waals surface area contributed by atoms with Gasteiger partial charge in [0.2, 0.25) is 0 Å². The summed E-state index contributed by atoms with van der Waals surface area (Å²) in [6.45, 7) is 0.353. The number of phenolic OH excluding ortho intramolecular Hbond substituents is 1. The second-order valence-electron chi connectivity index (χ2n) is 8.96. The lowest BCUT2D eigenvalue weighted by Gasteiger charge is -2.30. The maximum absolute atomic E-state index is 11.0. The Bertz CT molecular complexity index is 1260. The molecular formula is C28H32N2O7S. The van der Waals surface area contributed by atoms with Crippen LogP contribution >= 0.6 is 0 Å². The number of benzene rings is 3. The van der Waals surface area contributed by atoms with Gasteiger partial charge in [0.1, 0.15) is 29.9 Å². The summed E-state index contributed by atoms with van der Waals surface area (Å²) in [5.74, 6) is -0.508. The lowest BCUT2D eigenvalue weighted by Crippen LogP contribution is -2.39. The fraction of sp³-hybridized carbons (Fsp3) is 0.321. The van der Waals surface area contributed by atoms with Crippen molar-refractivity contribution in [3.63, 3.8) is 0 Å². The van der Waals surface area contributed by atoms with Gasteiger partial charge in [-0.3, -0.25) is 0 Å². The van der Waals surface area contributed by atoms with Gasteiger partial charge in [-0.1, -0.05) is 48.5 Å². The molecule has 1 atom stereocenters. The van der Waals surface area contributed by atoms with Crippen molar-refractivity contribution >= 4 is 22.2 Å². The van der Waals surface area contributed by atoms with Crippen molar-refractivity contribution in [3.05, 3.63) is 90.0 Å². The Morgan fingerprint density at radius 1 is 0.974 bits per heavy atom. The molecule has 9 nitrogen and oxygen atoms in total. The molecule has 3 aromatic rings. The van der Waals surface area contributed by atoms with Gasteiger partial charge in [0, 0.05) is 18.7 Å². The Morgan fingerprint density at radius 2 is 1.58 bits per heavy atom. The first kappa shape index (κ1) is 28.8. The summed E-state index contributed by atoms with van der Waals surface area (Å²) in [6, 6.07) is 23.4. The molecule has 202 valence electrons. The lowest BCUT2D eigenvalue weighted by atomic mass is 9.81. The zero-order chi connectivity index (χ0) is 27.3. The third kappa shape index (κ3) is 9.62. The van der Waals surface area contributed by atoms with Crippen LogP contribution in [0.25, 0.3) is 0 Å². The number of aliphatic hydroxyl groups is 1. The van der Waals surface area contributed by atoms with E-state index in [-0.39, 0.29) is 24.1 Å². The molecule has 1 aliphatic carbocycles.